The first-order chi connectivity index (χ1) is 7.69. The molecule has 90 valence electrons. The lowest BCUT2D eigenvalue weighted by molar-refractivity contribution is 0.0393. The van der Waals surface area contributed by atoms with E-state index in [1.54, 1.807) is 18.6 Å². The highest BCUT2D eigenvalue weighted by atomic mass is 32.1. The van der Waals surface area contributed by atoms with Gasteiger partial charge in [0.05, 0.1) is 19.8 Å². The number of ether oxygens (including phenoxy) is 3. The lowest BCUT2D eigenvalue weighted by Gasteiger charge is -2.09. The minimum atomic E-state index is -0.338. The van der Waals surface area contributed by atoms with Gasteiger partial charge in [0.25, 0.3) is 0 Å². The number of thiophene rings is 1. The number of esters is 1. The van der Waals surface area contributed by atoms with Gasteiger partial charge in [0.2, 0.25) is 0 Å². The largest absolute Gasteiger partial charge is 0.495 e. The van der Waals surface area contributed by atoms with E-state index in [9.17, 15) is 4.79 Å². The van der Waals surface area contributed by atoms with Crippen molar-refractivity contribution in [2.75, 3.05) is 20.8 Å². The molecule has 0 aliphatic rings. The molecular weight excluding hydrogens is 228 g/mol. The van der Waals surface area contributed by atoms with E-state index in [1.807, 2.05) is 6.92 Å². The maximum Gasteiger partial charge on any atom is 0.352 e. The number of hydrogen-bond acceptors (Lipinski definition) is 5. The lowest BCUT2D eigenvalue weighted by atomic mass is 10.3. The fourth-order valence-corrected chi connectivity index (χ4v) is 1.86. The molecule has 5 heteroatoms. The zero-order valence-electron chi connectivity index (χ0n) is 9.69. The summed E-state index contributed by atoms with van der Waals surface area (Å²) in [5, 5.41) is 1.80. The molecule has 0 spiro atoms. The average Bonchev–Trinajstić information content (AvgIpc) is 2.76. The number of methoxy groups -OCH3 is 2. The van der Waals surface area contributed by atoms with Crippen LogP contribution < -0.4 is 4.74 Å². The molecule has 0 radical (unpaired) electrons. The van der Waals surface area contributed by atoms with Gasteiger partial charge in [-0.25, -0.2) is 4.79 Å². The van der Waals surface area contributed by atoms with Crippen LogP contribution in [0.2, 0.25) is 0 Å². The van der Waals surface area contributed by atoms with Crippen molar-refractivity contribution in [2.45, 2.75) is 19.4 Å². The second-order valence-corrected chi connectivity index (χ2v) is 4.21. The topological polar surface area (TPSA) is 44.8 Å². The smallest absolute Gasteiger partial charge is 0.352 e. The monoisotopic (exact) mass is 244 g/mol. The molecule has 0 aliphatic carbocycles. The Hall–Kier alpha value is -1.07. The quantitative estimate of drug-likeness (QED) is 0.720. The van der Waals surface area contributed by atoms with Crippen molar-refractivity contribution in [1.82, 2.24) is 0 Å². The van der Waals surface area contributed by atoms with E-state index in [4.69, 9.17) is 14.2 Å². The predicted octanol–water partition coefficient (Wildman–Crippen LogP) is 2.34. The third-order valence-corrected chi connectivity index (χ3v) is 3.07. The van der Waals surface area contributed by atoms with Gasteiger partial charge in [0.1, 0.15) is 5.75 Å². The number of hydrogen-bond donors (Lipinski definition) is 0. The van der Waals surface area contributed by atoms with Crippen LogP contribution in [0.5, 0.6) is 5.75 Å². The van der Waals surface area contributed by atoms with Gasteiger partial charge < -0.3 is 14.2 Å². The Bertz CT molecular complexity index is 334. The van der Waals surface area contributed by atoms with Crippen LogP contribution in [0.3, 0.4) is 0 Å². The van der Waals surface area contributed by atoms with Crippen LogP contribution in [0.1, 0.15) is 23.0 Å². The summed E-state index contributed by atoms with van der Waals surface area (Å²) in [5.74, 6) is 0.227. The molecule has 0 bridgehead atoms. The summed E-state index contributed by atoms with van der Waals surface area (Å²) >= 11 is 1.32. The van der Waals surface area contributed by atoms with E-state index < -0.39 is 0 Å². The Morgan fingerprint density at radius 1 is 1.50 bits per heavy atom. The van der Waals surface area contributed by atoms with E-state index in [1.165, 1.54) is 18.4 Å². The molecule has 0 saturated carbocycles. The van der Waals surface area contributed by atoms with Gasteiger partial charge in [0.15, 0.2) is 4.88 Å². The Balaban J connectivity index is 2.41. The molecule has 1 atom stereocenters. The zero-order chi connectivity index (χ0) is 12.0. The van der Waals surface area contributed by atoms with Gasteiger partial charge in [-0.15, -0.1) is 11.3 Å². The SMILES string of the molecule is COc1ccsc1C(=O)OCC[C@@H](C)OC. The summed E-state index contributed by atoms with van der Waals surface area (Å²) in [6.07, 6.45) is 0.786. The van der Waals surface area contributed by atoms with E-state index >= 15 is 0 Å². The molecule has 0 N–H and O–H groups in total. The molecule has 0 saturated heterocycles. The summed E-state index contributed by atoms with van der Waals surface area (Å²) in [6.45, 7) is 2.29. The summed E-state index contributed by atoms with van der Waals surface area (Å²) < 4.78 is 15.2. The number of rotatable bonds is 6. The van der Waals surface area contributed by atoms with Gasteiger partial charge in [0, 0.05) is 13.5 Å². The molecular formula is C11H16O4S. The highest BCUT2D eigenvalue weighted by Gasteiger charge is 2.15. The van der Waals surface area contributed by atoms with Gasteiger partial charge in [-0.05, 0) is 18.4 Å². The normalized spacial score (nSPS) is 12.2. The third-order valence-electron chi connectivity index (χ3n) is 2.19. The molecule has 1 aromatic heterocycles. The van der Waals surface area contributed by atoms with Crippen LogP contribution in [0.15, 0.2) is 11.4 Å². The molecule has 1 aromatic rings. The van der Waals surface area contributed by atoms with Gasteiger partial charge in [-0.1, -0.05) is 0 Å². The van der Waals surface area contributed by atoms with Crippen molar-refractivity contribution in [3.63, 3.8) is 0 Å². The van der Waals surface area contributed by atoms with E-state index in [0.29, 0.717) is 23.7 Å². The van der Waals surface area contributed by atoms with E-state index in [2.05, 4.69) is 0 Å². The van der Waals surface area contributed by atoms with Crippen LogP contribution in [-0.2, 0) is 9.47 Å². The second-order valence-electron chi connectivity index (χ2n) is 3.29. The molecule has 0 amide bonds. The zero-order valence-corrected chi connectivity index (χ0v) is 10.5. The highest BCUT2D eigenvalue weighted by molar-refractivity contribution is 7.12. The van der Waals surface area contributed by atoms with Gasteiger partial charge in [-0.3, -0.25) is 0 Å². The van der Waals surface area contributed by atoms with Crippen LogP contribution in [-0.4, -0.2) is 32.9 Å². The number of carbonyl (C=O) groups is 1. The second kappa shape index (κ2) is 6.50. The molecule has 1 heterocycles. The van der Waals surface area contributed by atoms with Crippen LogP contribution >= 0.6 is 11.3 Å². The Labute approximate surface area is 99.1 Å². The highest BCUT2D eigenvalue weighted by Crippen LogP contribution is 2.25. The first kappa shape index (κ1) is 13.0. The van der Waals surface area contributed by atoms with Crippen LogP contribution in [0.4, 0.5) is 0 Å². The van der Waals surface area contributed by atoms with Crippen molar-refractivity contribution in [3.05, 3.63) is 16.3 Å². The molecule has 0 unspecified atom stereocenters. The third kappa shape index (κ3) is 3.50. The predicted molar refractivity (Wildman–Crippen MR) is 62.2 cm³/mol. The maximum absolute atomic E-state index is 11.6. The maximum atomic E-state index is 11.6. The van der Waals surface area contributed by atoms with Crippen molar-refractivity contribution >= 4 is 17.3 Å². The fourth-order valence-electron chi connectivity index (χ4n) is 1.11. The fraction of sp³-hybridized carbons (Fsp3) is 0.545. The van der Waals surface area contributed by atoms with Crippen molar-refractivity contribution in [3.8, 4) is 5.75 Å². The van der Waals surface area contributed by atoms with Crippen LogP contribution in [0, 0.1) is 0 Å². The Kier molecular flexibility index (Phi) is 5.28. The average molecular weight is 244 g/mol. The van der Waals surface area contributed by atoms with E-state index in [-0.39, 0.29) is 12.1 Å². The summed E-state index contributed by atoms with van der Waals surface area (Å²) in [5.41, 5.74) is 0. The van der Waals surface area contributed by atoms with Crippen molar-refractivity contribution in [1.29, 1.82) is 0 Å². The van der Waals surface area contributed by atoms with Crippen molar-refractivity contribution in [2.24, 2.45) is 0 Å². The minimum Gasteiger partial charge on any atom is -0.495 e. The molecule has 0 fully saturated rings. The standard InChI is InChI=1S/C11H16O4S/c1-8(13-2)4-6-15-11(12)10-9(14-3)5-7-16-10/h5,7-8H,4,6H2,1-3H3/t8-/m1/s1. The lowest BCUT2D eigenvalue weighted by Crippen LogP contribution is -2.12. The molecule has 4 nitrogen and oxygen atoms in total. The molecule has 0 aromatic carbocycles. The summed E-state index contributed by atoms with van der Waals surface area (Å²) in [6, 6.07) is 1.75. The molecule has 0 aliphatic heterocycles. The molecule has 1 rings (SSSR count). The van der Waals surface area contributed by atoms with Crippen molar-refractivity contribution < 1.29 is 19.0 Å². The summed E-state index contributed by atoms with van der Waals surface area (Å²) in [4.78, 5) is 12.1. The Morgan fingerprint density at radius 3 is 2.88 bits per heavy atom. The van der Waals surface area contributed by atoms with Gasteiger partial charge >= 0.3 is 5.97 Å². The molecule has 16 heavy (non-hydrogen) atoms. The minimum absolute atomic E-state index is 0.0954. The first-order valence-corrected chi connectivity index (χ1v) is 5.88. The Morgan fingerprint density at radius 2 is 2.25 bits per heavy atom. The van der Waals surface area contributed by atoms with Crippen LogP contribution in [0.25, 0.3) is 0 Å². The van der Waals surface area contributed by atoms with Gasteiger partial charge in [-0.2, -0.15) is 0 Å². The number of carbonyl (C=O) groups excluding carboxylic acids is 1. The first-order valence-electron chi connectivity index (χ1n) is 5.00. The summed E-state index contributed by atoms with van der Waals surface area (Å²) in [7, 11) is 3.17. The van der Waals surface area contributed by atoms with E-state index in [0.717, 1.165) is 0 Å².